The van der Waals surface area contributed by atoms with Crippen molar-refractivity contribution in [3.05, 3.63) is 29.8 Å². The molecule has 0 aromatic heterocycles. The number of aliphatic imine (C=N–C) groups is 1. The maximum atomic E-state index is 11.7. The topological polar surface area (TPSA) is 114 Å². The molecule has 0 saturated carbocycles. The molecule has 1 aromatic rings. The molecule has 0 radical (unpaired) electrons. The number of primary amides is 1. The number of hydrogen-bond donors (Lipinski definition) is 3. The van der Waals surface area contributed by atoms with E-state index in [0.717, 1.165) is 5.75 Å². The van der Waals surface area contributed by atoms with Crippen molar-refractivity contribution < 1.29 is 14.4 Å². The first kappa shape index (κ1) is 14.1. The van der Waals surface area contributed by atoms with Gasteiger partial charge in [0.15, 0.2) is 5.17 Å². The summed E-state index contributed by atoms with van der Waals surface area (Å²) < 4.78 is 0. The van der Waals surface area contributed by atoms with E-state index < -0.39 is 17.7 Å². The van der Waals surface area contributed by atoms with Gasteiger partial charge in [-0.2, -0.15) is 0 Å². The van der Waals surface area contributed by atoms with Gasteiger partial charge < -0.3 is 11.1 Å². The van der Waals surface area contributed by atoms with Crippen LogP contribution >= 0.6 is 11.8 Å². The Labute approximate surface area is 119 Å². The molecule has 1 heterocycles. The van der Waals surface area contributed by atoms with Crippen LogP contribution in [0.5, 0.6) is 0 Å². The van der Waals surface area contributed by atoms with E-state index in [0.29, 0.717) is 11.7 Å². The lowest BCUT2D eigenvalue weighted by Crippen LogP contribution is -2.38. The fraction of sp³-hybridized carbons (Fsp3) is 0.167. The van der Waals surface area contributed by atoms with Gasteiger partial charge in [-0.25, -0.2) is 0 Å². The Balaban J connectivity index is 2.04. The minimum atomic E-state index is -0.881. The standard InChI is InChI=1S/C12H12N4O3S/c13-9(17)7-3-1-2-4-8(7)15-10(18)11(19)16-12-14-5-6-20-12/h1-4H,5-6H2,(H2,13,17)(H,15,18)(H,14,16,19). The average Bonchev–Trinajstić information content (AvgIpc) is 2.91. The van der Waals surface area contributed by atoms with E-state index in [1.54, 1.807) is 12.1 Å². The molecule has 0 unspecified atom stereocenters. The molecule has 3 amide bonds. The highest BCUT2D eigenvalue weighted by Crippen LogP contribution is 2.14. The number of anilines is 1. The molecule has 0 spiro atoms. The Morgan fingerprint density at radius 1 is 1.15 bits per heavy atom. The van der Waals surface area contributed by atoms with E-state index in [4.69, 9.17) is 5.73 Å². The first-order valence-electron chi connectivity index (χ1n) is 5.76. The van der Waals surface area contributed by atoms with Gasteiger partial charge in [0.1, 0.15) is 0 Å². The first-order chi connectivity index (χ1) is 9.58. The van der Waals surface area contributed by atoms with E-state index in [1.165, 1.54) is 23.9 Å². The lowest BCUT2D eigenvalue weighted by Gasteiger charge is -2.08. The Bertz CT molecular complexity index is 600. The summed E-state index contributed by atoms with van der Waals surface area (Å²) in [5.41, 5.74) is 5.52. The van der Waals surface area contributed by atoms with Crippen molar-refractivity contribution in [2.75, 3.05) is 17.6 Å². The molecule has 2 rings (SSSR count). The number of amides is 3. The van der Waals surface area contributed by atoms with Gasteiger partial charge in [-0.3, -0.25) is 24.7 Å². The Morgan fingerprint density at radius 2 is 1.85 bits per heavy atom. The fourth-order valence-electron chi connectivity index (χ4n) is 1.55. The average molecular weight is 292 g/mol. The number of benzene rings is 1. The SMILES string of the molecule is NC(=O)c1ccccc1NC(=O)C(=O)NC1=NCCS1. The number of carbonyl (C=O) groups excluding carboxylic acids is 3. The molecular formula is C12H12N4O3S. The lowest BCUT2D eigenvalue weighted by atomic mass is 10.1. The molecular weight excluding hydrogens is 280 g/mol. The summed E-state index contributed by atoms with van der Waals surface area (Å²) in [5.74, 6) is -1.62. The monoisotopic (exact) mass is 292 g/mol. The van der Waals surface area contributed by atoms with Crippen LogP contribution in [0.3, 0.4) is 0 Å². The number of rotatable bonds is 2. The molecule has 0 fully saturated rings. The van der Waals surface area contributed by atoms with Crippen molar-refractivity contribution in [2.45, 2.75) is 0 Å². The van der Waals surface area contributed by atoms with E-state index >= 15 is 0 Å². The number of para-hydroxylation sites is 1. The number of carbonyl (C=O) groups is 3. The van der Waals surface area contributed by atoms with Gasteiger partial charge >= 0.3 is 11.8 Å². The number of thioether (sulfide) groups is 1. The second-order valence-corrected chi connectivity index (χ2v) is 4.94. The van der Waals surface area contributed by atoms with E-state index in [-0.39, 0.29) is 11.3 Å². The largest absolute Gasteiger partial charge is 0.366 e. The molecule has 8 heteroatoms. The Hall–Kier alpha value is -2.35. The van der Waals surface area contributed by atoms with Crippen molar-refractivity contribution >= 4 is 40.3 Å². The zero-order chi connectivity index (χ0) is 14.5. The summed E-state index contributed by atoms with van der Waals surface area (Å²) in [6.07, 6.45) is 0. The third-order valence-corrected chi connectivity index (χ3v) is 3.34. The molecule has 104 valence electrons. The Morgan fingerprint density at radius 3 is 2.50 bits per heavy atom. The first-order valence-corrected chi connectivity index (χ1v) is 6.75. The number of nitrogens with two attached hydrogens (primary N) is 1. The van der Waals surface area contributed by atoms with Crippen LogP contribution in [0.2, 0.25) is 0 Å². The molecule has 0 atom stereocenters. The number of nitrogens with one attached hydrogen (secondary N) is 2. The third-order valence-electron chi connectivity index (χ3n) is 2.45. The molecule has 4 N–H and O–H groups in total. The number of nitrogens with zero attached hydrogens (tertiary/aromatic N) is 1. The summed E-state index contributed by atoms with van der Waals surface area (Å²) in [6, 6.07) is 6.19. The molecule has 1 aliphatic rings. The quantitative estimate of drug-likeness (QED) is 0.663. The smallest absolute Gasteiger partial charge is 0.315 e. The van der Waals surface area contributed by atoms with Gasteiger partial charge in [-0.15, -0.1) is 0 Å². The normalized spacial score (nSPS) is 13.5. The highest BCUT2D eigenvalue weighted by molar-refractivity contribution is 8.14. The molecule has 7 nitrogen and oxygen atoms in total. The van der Waals surface area contributed by atoms with E-state index in [9.17, 15) is 14.4 Å². The van der Waals surface area contributed by atoms with Gasteiger partial charge in [0.25, 0.3) is 5.91 Å². The second-order valence-electron chi connectivity index (χ2n) is 3.85. The van der Waals surface area contributed by atoms with Crippen LogP contribution in [-0.2, 0) is 9.59 Å². The minimum Gasteiger partial charge on any atom is -0.366 e. The summed E-state index contributed by atoms with van der Waals surface area (Å²) in [7, 11) is 0. The summed E-state index contributed by atoms with van der Waals surface area (Å²) >= 11 is 1.37. The van der Waals surface area contributed by atoms with Crippen LogP contribution in [0, 0.1) is 0 Å². The predicted molar refractivity (Wildman–Crippen MR) is 76.5 cm³/mol. The summed E-state index contributed by atoms with van der Waals surface area (Å²) in [5, 5.41) is 5.17. The molecule has 20 heavy (non-hydrogen) atoms. The van der Waals surface area contributed by atoms with Crippen LogP contribution in [0.25, 0.3) is 0 Å². The second kappa shape index (κ2) is 6.20. The van der Waals surface area contributed by atoms with Gasteiger partial charge in [0.05, 0.1) is 17.8 Å². The van der Waals surface area contributed by atoms with E-state index in [1.807, 2.05) is 0 Å². The maximum absolute atomic E-state index is 11.7. The Kier molecular flexibility index (Phi) is 4.36. The zero-order valence-electron chi connectivity index (χ0n) is 10.4. The molecule has 0 aliphatic carbocycles. The van der Waals surface area contributed by atoms with Crippen molar-refractivity contribution in [1.82, 2.24) is 5.32 Å². The lowest BCUT2D eigenvalue weighted by molar-refractivity contribution is -0.135. The highest BCUT2D eigenvalue weighted by atomic mass is 32.2. The fourth-order valence-corrected chi connectivity index (χ4v) is 2.27. The number of amidine groups is 1. The van der Waals surface area contributed by atoms with Crippen LogP contribution < -0.4 is 16.4 Å². The van der Waals surface area contributed by atoms with Crippen molar-refractivity contribution in [3.63, 3.8) is 0 Å². The van der Waals surface area contributed by atoms with Crippen molar-refractivity contribution in [1.29, 1.82) is 0 Å². The van der Waals surface area contributed by atoms with Gasteiger partial charge in [0.2, 0.25) is 0 Å². The third kappa shape index (κ3) is 3.35. The highest BCUT2D eigenvalue weighted by Gasteiger charge is 2.19. The minimum absolute atomic E-state index is 0.140. The molecule has 0 saturated heterocycles. The zero-order valence-corrected chi connectivity index (χ0v) is 11.2. The van der Waals surface area contributed by atoms with Gasteiger partial charge in [-0.1, -0.05) is 23.9 Å². The van der Waals surface area contributed by atoms with Crippen LogP contribution in [-0.4, -0.2) is 35.2 Å². The summed E-state index contributed by atoms with van der Waals surface area (Å²) in [6.45, 7) is 0.617. The van der Waals surface area contributed by atoms with Crippen LogP contribution in [0.1, 0.15) is 10.4 Å². The molecule has 0 bridgehead atoms. The van der Waals surface area contributed by atoms with Crippen LogP contribution in [0.15, 0.2) is 29.3 Å². The molecule has 1 aliphatic heterocycles. The van der Waals surface area contributed by atoms with Crippen molar-refractivity contribution in [2.24, 2.45) is 10.7 Å². The predicted octanol–water partition coefficient (Wildman–Crippen LogP) is -0.0570. The van der Waals surface area contributed by atoms with E-state index in [2.05, 4.69) is 15.6 Å². The maximum Gasteiger partial charge on any atom is 0.315 e. The van der Waals surface area contributed by atoms with Crippen molar-refractivity contribution in [3.8, 4) is 0 Å². The van der Waals surface area contributed by atoms with Gasteiger partial charge in [0, 0.05) is 5.75 Å². The van der Waals surface area contributed by atoms with Gasteiger partial charge in [-0.05, 0) is 12.1 Å². The summed E-state index contributed by atoms with van der Waals surface area (Å²) in [4.78, 5) is 38.6. The number of hydrogen-bond acceptors (Lipinski definition) is 5. The van der Waals surface area contributed by atoms with Crippen LogP contribution in [0.4, 0.5) is 5.69 Å². The molecule has 1 aromatic carbocycles.